The fourth-order valence-electron chi connectivity index (χ4n) is 4.20. The van der Waals surface area contributed by atoms with E-state index in [9.17, 15) is 9.59 Å². The van der Waals surface area contributed by atoms with Gasteiger partial charge in [-0.05, 0) is 45.7 Å². The number of carbonyl (C=O) groups excluding carboxylic acids is 2. The zero-order valence-corrected chi connectivity index (χ0v) is 19.5. The molecule has 2 aliphatic heterocycles. The van der Waals surface area contributed by atoms with Gasteiger partial charge in [0.2, 0.25) is 11.8 Å². The van der Waals surface area contributed by atoms with E-state index in [0.29, 0.717) is 37.9 Å². The molecule has 0 spiro atoms. The summed E-state index contributed by atoms with van der Waals surface area (Å²) in [4.78, 5) is 29.1. The van der Waals surface area contributed by atoms with Crippen molar-refractivity contribution in [3.8, 4) is 11.7 Å². The topological polar surface area (TPSA) is 103 Å². The van der Waals surface area contributed by atoms with E-state index in [1.807, 2.05) is 37.8 Å². The summed E-state index contributed by atoms with van der Waals surface area (Å²) in [5.74, 6) is 1.03. The predicted octanol–water partition coefficient (Wildman–Crippen LogP) is 2.68. The molecule has 4 rings (SSSR count). The fraction of sp³-hybridized carbons (Fsp3) is 0.609. The van der Waals surface area contributed by atoms with Crippen LogP contribution in [-0.4, -0.2) is 79.7 Å². The Kier molecular flexibility index (Phi) is 6.80. The van der Waals surface area contributed by atoms with Crippen molar-refractivity contribution in [1.29, 1.82) is 0 Å². The van der Waals surface area contributed by atoms with Crippen LogP contribution in [0.1, 0.15) is 46.5 Å². The van der Waals surface area contributed by atoms with Crippen molar-refractivity contribution in [2.75, 3.05) is 26.2 Å². The second-order valence-corrected chi connectivity index (χ2v) is 9.59. The number of nitrogens with zero attached hydrogens (tertiary/aromatic N) is 6. The molecule has 2 aromatic heterocycles. The number of amides is 2. The molecule has 1 unspecified atom stereocenters. The average Bonchev–Trinajstić information content (AvgIpc) is 3.34. The first-order valence-corrected chi connectivity index (χ1v) is 11.6. The van der Waals surface area contributed by atoms with Gasteiger partial charge >= 0.3 is 6.09 Å². The monoisotopic (exact) mass is 456 g/mol. The standard InChI is InChI=1S/C23H32N6O4/c1-23(2,3)33-22(31)28-12-4-6-17(16-28)21(30)27-14-9-18(10-15-27)32-20-8-7-19(25-26-20)29-13-5-11-24-29/h5,7-8,11,13,17-18H,4,6,9-10,12,14-16H2,1-3H3. The van der Waals surface area contributed by atoms with Gasteiger partial charge in [-0.25, -0.2) is 9.48 Å². The fourth-order valence-corrected chi connectivity index (χ4v) is 4.20. The van der Waals surface area contributed by atoms with E-state index in [1.54, 1.807) is 28.0 Å². The Labute approximate surface area is 193 Å². The van der Waals surface area contributed by atoms with Gasteiger partial charge in [0.15, 0.2) is 5.82 Å². The van der Waals surface area contributed by atoms with Crippen LogP contribution in [-0.2, 0) is 9.53 Å². The molecule has 178 valence electrons. The average molecular weight is 457 g/mol. The minimum atomic E-state index is -0.542. The van der Waals surface area contributed by atoms with Crippen LogP contribution in [0.4, 0.5) is 4.79 Å². The molecule has 1 atom stereocenters. The molecule has 2 saturated heterocycles. The van der Waals surface area contributed by atoms with E-state index >= 15 is 0 Å². The minimum Gasteiger partial charge on any atom is -0.473 e. The van der Waals surface area contributed by atoms with E-state index in [2.05, 4.69) is 15.3 Å². The van der Waals surface area contributed by atoms with Gasteiger partial charge in [-0.15, -0.1) is 10.2 Å². The molecular weight excluding hydrogens is 424 g/mol. The van der Waals surface area contributed by atoms with Gasteiger partial charge in [0.25, 0.3) is 0 Å². The van der Waals surface area contributed by atoms with Gasteiger partial charge in [0, 0.05) is 57.5 Å². The molecule has 0 N–H and O–H groups in total. The largest absolute Gasteiger partial charge is 0.473 e. The lowest BCUT2D eigenvalue weighted by Gasteiger charge is -2.38. The van der Waals surface area contributed by atoms with Gasteiger partial charge in [0.05, 0.1) is 5.92 Å². The SMILES string of the molecule is CC(C)(C)OC(=O)N1CCCC(C(=O)N2CCC(Oc3ccc(-n4cccn4)nn3)CC2)C1. The van der Waals surface area contributed by atoms with E-state index in [-0.39, 0.29) is 24.0 Å². The second kappa shape index (κ2) is 9.76. The maximum Gasteiger partial charge on any atom is 0.410 e. The Morgan fingerprint density at radius 1 is 1.03 bits per heavy atom. The van der Waals surface area contributed by atoms with E-state index < -0.39 is 5.60 Å². The molecule has 2 aliphatic rings. The van der Waals surface area contributed by atoms with Crippen molar-refractivity contribution in [2.24, 2.45) is 5.92 Å². The van der Waals surface area contributed by atoms with Crippen LogP contribution in [0.15, 0.2) is 30.6 Å². The molecule has 10 nitrogen and oxygen atoms in total. The Balaban J connectivity index is 1.25. The molecule has 2 aromatic rings. The lowest BCUT2D eigenvalue weighted by atomic mass is 9.95. The van der Waals surface area contributed by atoms with Crippen LogP contribution in [0.3, 0.4) is 0 Å². The summed E-state index contributed by atoms with van der Waals surface area (Å²) in [7, 11) is 0. The number of rotatable bonds is 4. The summed E-state index contributed by atoms with van der Waals surface area (Å²) >= 11 is 0. The van der Waals surface area contributed by atoms with Crippen LogP contribution in [0, 0.1) is 5.92 Å². The van der Waals surface area contributed by atoms with Crippen molar-refractivity contribution >= 4 is 12.0 Å². The van der Waals surface area contributed by atoms with Crippen molar-refractivity contribution in [1.82, 2.24) is 29.8 Å². The normalized spacial score (nSPS) is 19.9. The first-order chi connectivity index (χ1) is 15.8. The van der Waals surface area contributed by atoms with Gasteiger partial charge in [0.1, 0.15) is 11.7 Å². The molecule has 0 aromatic carbocycles. The van der Waals surface area contributed by atoms with Crippen molar-refractivity contribution < 1.29 is 19.1 Å². The van der Waals surface area contributed by atoms with Gasteiger partial charge < -0.3 is 19.3 Å². The molecule has 2 fully saturated rings. The van der Waals surface area contributed by atoms with Gasteiger partial charge in [-0.1, -0.05) is 0 Å². The zero-order valence-electron chi connectivity index (χ0n) is 19.5. The maximum atomic E-state index is 13.1. The number of piperidine rings is 2. The number of hydrogen-bond acceptors (Lipinski definition) is 7. The van der Waals surface area contributed by atoms with Crippen molar-refractivity contribution in [2.45, 2.75) is 58.2 Å². The Morgan fingerprint density at radius 2 is 1.82 bits per heavy atom. The van der Waals surface area contributed by atoms with Crippen molar-refractivity contribution in [3.63, 3.8) is 0 Å². The molecule has 0 bridgehead atoms. The van der Waals surface area contributed by atoms with Crippen LogP contribution in [0.5, 0.6) is 5.88 Å². The highest BCUT2D eigenvalue weighted by Gasteiger charge is 2.34. The molecule has 10 heteroatoms. The molecule has 33 heavy (non-hydrogen) atoms. The third-order valence-corrected chi connectivity index (χ3v) is 5.83. The Morgan fingerprint density at radius 3 is 2.45 bits per heavy atom. The first kappa shape index (κ1) is 23.0. The highest BCUT2D eigenvalue weighted by molar-refractivity contribution is 5.80. The quantitative estimate of drug-likeness (QED) is 0.697. The summed E-state index contributed by atoms with van der Waals surface area (Å²) < 4.78 is 13.1. The highest BCUT2D eigenvalue weighted by atomic mass is 16.6. The first-order valence-electron chi connectivity index (χ1n) is 11.6. The van der Waals surface area contributed by atoms with E-state index in [1.165, 1.54) is 0 Å². The lowest BCUT2D eigenvalue weighted by Crippen LogP contribution is -2.50. The molecular formula is C23H32N6O4. The third kappa shape index (κ3) is 6.00. The van der Waals surface area contributed by atoms with Crippen LogP contribution < -0.4 is 4.74 Å². The molecule has 2 amide bonds. The third-order valence-electron chi connectivity index (χ3n) is 5.83. The van der Waals surface area contributed by atoms with Crippen LogP contribution in [0.2, 0.25) is 0 Å². The maximum absolute atomic E-state index is 13.1. The second-order valence-electron chi connectivity index (χ2n) is 9.59. The number of ether oxygens (including phenoxy) is 2. The summed E-state index contributed by atoms with van der Waals surface area (Å²) in [6.07, 6.45) is 6.21. The summed E-state index contributed by atoms with van der Waals surface area (Å²) in [5.41, 5.74) is -0.542. The van der Waals surface area contributed by atoms with Crippen LogP contribution >= 0.6 is 0 Å². The lowest BCUT2D eigenvalue weighted by molar-refractivity contribution is -0.139. The Bertz CT molecular complexity index is 933. The molecule has 0 aliphatic carbocycles. The van der Waals surface area contributed by atoms with Gasteiger partial charge in [-0.2, -0.15) is 5.10 Å². The predicted molar refractivity (Wildman–Crippen MR) is 120 cm³/mol. The minimum absolute atomic E-state index is 0.0106. The molecule has 4 heterocycles. The van der Waals surface area contributed by atoms with Crippen LogP contribution in [0.25, 0.3) is 5.82 Å². The summed E-state index contributed by atoms with van der Waals surface area (Å²) in [6, 6.07) is 5.42. The molecule has 0 radical (unpaired) electrons. The van der Waals surface area contributed by atoms with Crippen molar-refractivity contribution in [3.05, 3.63) is 30.6 Å². The number of likely N-dealkylation sites (tertiary alicyclic amines) is 2. The highest BCUT2D eigenvalue weighted by Crippen LogP contribution is 2.24. The number of aromatic nitrogens is 4. The Hall–Kier alpha value is -3.17. The molecule has 0 saturated carbocycles. The zero-order chi connectivity index (χ0) is 23.4. The number of hydrogen-bond donors (Lipinski definition) is 0. The summed E-state index contributed by atoms with van der Waals surface area (Å²) in [6.45, 7) is 7.86. The van der Waals surface area contributed by atoms with E-state index in [4.69, 9.17) is 9.47 Å². The van der Waals surface area contributed by atoms with Gasteiger partial charge in [-0.3, -0.25) is 4.79 Å². The van der Waals surface area contributed by atoms with E-state index in [0.717, 1.165) is 25.7 Å². The number of carbonyl (C=O) groups is 2. The summed E-state index contributed by atoms with van der Waals surface area (Å²) in [5, 5.41) is 12.4. The smallest absolute Gasteiger partial charge is 0.410 e.